The molecule has 4 heteroatoms. The monoisotopic (exact) mass is 211 g/mol. The van der Waals surface area contributed by atoms with E-state index in [4.69, 9.17) is 10.3 Å². The minimum absolute atomic E-state index is 0.280. The molecule has 1 aromatic heterocycles. The van der Waals surface area contributed by atoms with Crippen LogP contribution >= 0.6 is 0 Å². The van der Waals surface area contributed by atoms with Gasteiger partial charge >= 0.3 is 0 Å². The smallest absolute Gasteiger partial charge is 0.150 e. The first-order valence-corrected chi connectivity index (χ1v) is 5.43. The van der Waals surface area contributed by atoms with Crippen LogP contribution in [-0.2, 0) is 6.54 Å². The van der Waals surface area contributed by atoms with Crippen LogP contribution in [-0.4, -0.2) is 29.7 Å². The summed E-state index contributed by atoms with van der Waals surface area (Å²) in [6.45, 7) is 6.09. The summed E-state index contributed by atoms with van der Waals surface area (Å²) in [6, 6.07) is 2.17. The number of rotatable bonds is 6. The van der Waals surface area contributed by atoms with E-state index >= 15 is 0 Å². The lowest BCUT2D eigenvalue weighted by Crippen LogP contribution is -2.31. The maximum atomic E-state index is 5.98. The van der Waals surface area contributed by atoms with Crippen molar-refractivity contribution < 1.29 is 4.52 Å². The van der Waals surface area contributed by atoms with Crippen LogP contribution in [0.1, 0.15) is 26.0 Å². The minimum atomic E-state index is 0.280. The maximum Gasteiger partial charge on any atom is 0.150 e. The molecule has 1 unspecified atom stereocenters. The van der Waals surface area contributed by atoms with Crippen LogP contribution < -0.4 is 5.73 Å². The van der Waals surface area contributed by atoms with Gasteiger partial charge in [-0.25, -0.2) is 0 Å². The van der Waals surface area contributed by atoms with Crippen molar-refractivity contribution >= 4 is 0 Å². The molecule has 1 aromatic rings. The molecule has 4 nitrogen and oxygen atoms in total. The Morgan fingerprint density at radius 1 is 1.53 bits per heavy atom. The third-order valence-corrected chi connectivity index (χ3v) is 2.62. The van der Waals surface area contributed by atoms with Crippen LogP contribution in [0, 0.1) is 5.92 Å². The molecule has 0 aliphatic heterocycles. The lowest BCUT2D eigenvalue weighted by Gasteiger charge is -2.20. The average molecular weight is 211 g/mol. The molecule has 0 amide bonds. The van der Waals surface area contributed by atoms with E-state index in [1.165, 1.54) is 0 Å². The lowest BCUT2D eigenvalue weighted by molar-refractivity contribution is 0.257. The van der Waals surface area contributed by atoms with Crippen LogP contribution in [0.3, 0.4) is 0 Å². The first-order chi connectivity index (χ1) is 7.09. The van der Waals surface area contributed by atoms with Crippen LogP contribution in [0.15, 0.2) is 16.8 Å². The summed E-state index contributed by atoms with van der Waals surface area (Å²) in [5.41, 5.74) is 5.98. The average Bonchev–Trinajstić information content (AvgIpc) is 2.66. The van der Waals surface area contributed by atoms with E-state index in [0.29, 0.717) is 5.92 Å². The summed E-state index contributed by atoms with van der Waals surface area (Å²) >= 11 is 0. The maximum absolute atomic E-state index is 5.98. The van der Waals surface area contributed by atoms with Gasteiger partial charge in [-0.15, -0.1) is 0 Å². The topological polar surface area (TPSA) is 55.3 Å². The molecule has 0 spiro atoms. The fraction of sp³-hybridized carbons (Fsp3) is 0.727. The van der Waals surface area contributed by atoms with Crippen molar-refractivity contribution in [2.24, 2.45) is 11.7 Å². The molecule has 0 radical (unpaired) electrons. The second kappa shape index (κ2) is 5.88. The molecule has 0 aliphatic rings. The van der Waals surface area contributed by atoms with Crippen LogP contribution in [0.4, 0.5) is 0 Å². The molecule has 1 atom stereocenters. The van der Waals surface area contributed by atoms with Crippen molar-refractivity contribution in [3.05, 3.63) is 18.0 Å². The Hall–Kier alpha value is -0.870. The van der Waals surface area contributed by atoms with Gasteiger partial charge in [-0.3, -0.25) is 4.90 Å². The molecule has 0 aliphatic carbocycles. The van der Waals surface area contributed by atoms with Crippen LogP contribution in [0.2, 0.25) is 0 Å². The third kappa shape index (κ3) is 4.44. The van der Waals surface area contributed by atoms with Gasteiger partial charge in [-0.1, -0.05) is 19.0 Å². The van der Waals surface area contributed by atoms with E-state index < -0.39 is 0 Å². The largest absolute Gasteiger partial charge is 0.360 e. The highest BCUT2D eigenvalue weighted by atomic mass is 16.5. The highest BCUT2D eigenvalue weighted by molar-refractivity contribution is 4.92. The summed E-state index contributed by atoms with van der Waals surface area (Å²) < 4.78 is 5.04. The number of hydrogen-bond acceptors (Lipinski definition) is 4. The number of nitrogens with two attached hydrogens (primary N) is 1. The number of hydrogen-bond donors (Lipinski definition) is 1. The highest BCUT2D eigenvalue weighted by Gasteiger charge is 2.09. The zero-order valence-corrected chi connectivity index (χ0v) is 9.81. The standard InChI is InChI=1S/C11H21N3O/c1-9(2)11(12)5-7-14(3)8-10-4-6-13-15-10/h4,6,9,11H,5,7-8,12H2,1-3H3. The molecule has 2 N–H and O–H groups in total. The Morgan fingerprint density at radius 2 is 2.27 bits per heavy atom. The predicted octanol–water partition coefficient (Wildman–Crippen LogP) is 1.48. The molecule has 1 heterocycles. The molecule has 0 bridgehead atoms. The molecule has 86 valence electrons. The second-order valence-corrected chi connectivity index (χ2v) is 4.41. The molecular weight excluding hydrogens is 190 g/mol. The summed E-state index contributed by atoms with van der Waals surface area (Å²) in [5.74, 6) is 1.44. The first kappa shape index (κ1) is 12.2. The SMILES string of the molecule is CC(C)C(N)CCN(C)Cc1ccno1. The molecule has 0 saturated heterocycles. The Labute approximate surface area is 91.4 Å². The van der Waals surface area contributed by atoms with Gasteiger partial charge in [0, 0.05) is 12.1 Å². The number of aromatic nitrogens is 1. The Kier molecular flexibility index (Phi) is 4.78. The fourth-order valence-corrected chi connectivity index (χ4v) is 1.37. The molecule has 15 heavy (non-hydrogen) atoms. The van der Waals surface area contributed by atoms with Gasteiger partial charge in [0.1, 0.15) is 0 Å². The molecule has 1 rings (SSSR count). The van der Waals surface area contributed by atoms with Crippen molar-refractivity contribution in [1.82, 2.24) is 10.1 Å². The van der Waals surface area contributed by atoms with Gasteiger partial charge in [0.15, 0.2) is 5.76 Å². The predicted molar refractivity (Wildman–Crippen MR) is 60.3 cm³/mol. The zero-order chi connectivity index (χ0) is 11.3. The van der Waals surface area contributed by atoms with Crippen molar-refractivity contribution in [2.75, 3.05) is 13.6 Å². The van der Waals surface area contributed by atoms with Gasteiger partial charge < -0.3 is 10.3 Å². The van der Waals surface area contributed by atoms with Gasteiger partial charge in [-0.2, -0.15) is 0 Å². The third-order valence-electron chi connectivity index (χ3n) is 2.62. The summed E-state index contributed by atoms with van der Waals surface area (Å²) in [5, 5.41) is 3.67. The summed E-state index contributed by atoms with van der Waals surface area (Å²) in [7, 11) is 2.07. The molecule has 0 fully saturated rings. The second-order valence-electron chi connectivity index (χ2n) is 4.41. The summed E-state index contributed by atoms with van der Waals surface area (Å²) in [6.07, 6.45) is 2.69. The van der Waals surface area contributed by atoms with Gasteiger partial charge in [0.05, 0.1) is 12.7 Å². The molecule has 0 saturated carbocycles. The zero-order valence-electron chi connectivity index (χ0n) is 9.81. The lowest BCUT2D eigenvalue weighted by atomic mass is 10.0. The van der Waals surface area contributed by atoms with E-state index in [0.717, 1.165) is 25.3 Å². The Bertz CT molecular complexity index is 259. The van der Waals surface area contributed by atoms with E-state index in [1.54, 1.807) is 6.20 Å². The molecule has 0 aromatic carbocycles. The van der Waals surface area contributed by atoms with Gasteiger partial charge in [0.2, 0.25) is 0 Å². The minimum Gasteiger partial charge on any atom is -0.360 e. The van der Waals surface area contributed by atoms with Crippen LogP contribution in [0.25, 0.3) is 0 Å². The van der Waals surface area contributed by atoms with Crippen molar-refractivity contribution in [2.45, 2.75) is 32.9 Å². The Morgan fingerprint density at radius 3 is 2.80 bits per heavy atom. The quantitative estimate of drug-likeness (QED) is 0.774. The highest BCUT2D eigenvalue weighted by Crippen LogP contribution is 2.06. The molecular formula is C11H21N3O. The first-order valence-electron chi connectivity index (χ1n) is 5.43. The van der Waals surface area contributed by atoms with E-state index in [2.05, 4.69) is 31.0 Å². The Balaban J connectivity index is 2.22. The van der Waals surface area contributed by atoms with E-state index in [9.17, 15) is 0 Å². The normalized spacial score (nSPS) is 13.7. The van der Waals surface area contributed by atoms with Crippen molar-refractivity contribution in [3.63, 3.8) is 0 Å². The fourth-order valence-electron chi connectivity index (χ4n) is 1.37. The van der Waals surface area contributed by atoms with Crippen molar-refractivity contribution in [1.29, 1.82) is 0 Å². The van der Waals surface area contributed by atoms with E-state index in [-0.39, 0.29) is 6.04 Å². The summed E-state index contributed by atoms with van der Waals surface area (Å²) in [4.78, 5) is 2.20. The van der Waals surface area contributed by atoms with Crippen molar-refractivity contribution in [3.8, 4) is 0 Å². The van der Waals surface area contributed by atoms with Gasteiger partial charge in [-0.05, 0) is 25.9 Å². The van der Waals surface area contributed by atoms with Gasteiger partial charge in [0.25, 0.3) is 0 Å². The van der Waals surface area contributed by atoms with Crippen LogP contribution in [0.5, 0.6) is 0 Å². The van der Waals surface area contributed by atoms with E-state index in [1.807, 2.05) is 6.07 Å². The number of nitrogens with zero attached hydrogens (tertiary/aromatic N) is 2.